The van der Waals surface area contributed by atoms with Crippen molar-refractivity contribution in [2.45, 2.75) is 44.2 Å². The van der Waals surface area contributed by atoms with Gasteiger partial charge in [0.1, 0.15) is 0 Å². The standard InChI is InChI=1S/C19H21NOS/c1-2-5-13-12(4-1)7-8-14-17(13)20-18(16-6-3-11-22-16)15-9-10-21-19(14)15/h3,6-8,11,15,18-20H,1-2,4-5,9-10H2/t15-,18-,19+/m1/s1. The van der Waals surface area contributed by atoms with E-state index in [0.29, 0.717) is 12.0 Å². The Labute approximate surface area is 135 Å². The molecule has 0 amide bonds. The minimum atomic E-state index is 0.288. The normalized spacial score (nSPS) is 29.4. The Balaban J connectivity index is 1.65. The lowest BCUT2D eigenvalue weighted by atomic mass is 9.79. The average Bonchev–Trinajstić information content (AvgIpc) is 3.25. The average molecular weight is 311 g/mol. The maximum absolute atomic E-state index is 6.17. The van der Waals surface area contributed by atoms with E-state index in [2.05, 4.69) is 35.0 Å². The zero-order valence-electron chi connectivity index (χ0n) is 12.7. The molecule has 0 radical (unpaired) electrons. The second kappa shape index (κ2) is 5.10. The second-order valence-corrected chi connectivity index (χ2v) is 7.74. The highest BCUT2D eigenvalue weighted by molar-refractivity contribution is 7.10. The number of aryl methyl sites for hydroxylation is 1. The largest absolute Gasteiger partial charge is 0.376 e. The molecule has 2 aliphatic heterocycles. The molecule has 3 heteroatoms. The highest BCUT2D eigenvalue weighted by Crippen LogP contribution is 2.52. The molecular formula is C19H21NOS. The Morgan fingerprint density at radius 2 is 2.09 bits per heavy atom. The Bertz CT molecular complexity index is 694. The lowest BCUT2D eigenvalue weighted by molar-refractivity contribution is 0.0831. The fourth-order valence-corrected chi connectivity index (χ4v) is 5.39. The van der Waals surface area contributed by atoms with Gasteiger partial charge in [-0.1, -0.05) is 18.2 Å². The molecule has 3 atom stereocenters. The van der Waals surface area contributed by atoms with Crippen molar-refractivity contribution >= 4 is 17.0 Å². The lowest BCUT2D eigenvalue weighted by Gasteiger charge is -2.38. The van der Waals surface area contributed by atoms with Crippen LogP contribution < -0.4 is 5.32 Å². The molecule has 1 aromatic heterocycles. The van der Waals surface area contributed by atoms with E-state index in [1.165, 1.54) is 41.8 Å². The SMILES string of the molecule is c1csc([C@@H]2Nc3c(ccc4c3CCCC4)[C@@H]3OCC[C@H]23)c1. The summed E-state index contributed by atoms with van der Waals surface area (Å²) in [6.07, 6.45) is 6.57. The van der Waals surface area contributed by atoms with Crippen molar-refractivity contribution in [2.24, 2.45) is 5.92 Å². The molecular weight excluding hydrogens is 290 g/mol. The molecule has 2 aromatic rings. The molecule has 0 saturated carbocycles. The van der Waals surface area contributed by atoms with Crippen LogP contribution in [-0.4, -0.2) is 6.61 Å². The van der Waals surface area contributed by atoms with Crippen molar-refractivity contribution in [1.82, 2.24) is 0 Å². The number of hydrogen-bond acceptors (Lipinski definition) is 3. The first kappa shape index (κ1) is 13.1. The lowest BCUT2D eigenvalue weighted by Crippen LogP contribution is -2.30. The van der Waals surface area contributed by atoms with E-state index < -0.39 is 0 Å². The monoisotopic (exact) mass is 311 g/mol. The predicted octanol–water partition coefficient (Wildman–Crippen LogP) is 4.87. The van der Waals surface area contributed by atoms with E-state index in [1.807, 2.05) is 11.3 Å². The van der Waals surface area contributed by atoms with Crippen molar-refractivity contribution in [3.05, 3.63) is 51.2 Å². The van der Waals surface area contributed by atoms with Crippen LogP contribution in [0.15, 0.2) is 29.6 Å². The number of benzene rings is 1. The maximum Gasteiger partial charge on any atom is 0.0897 e. The Morgan fingerprint density at radius 1 is 1.14 bits per heavy atom. The first-order chi connectivity index (χ1) is 10.9. The van der Waals surface area contributed by atoms with E-state index in [4.69, 9.17) is 4.74 Å². The van der Waals surface area contributed by atoms with Gasteiger partial charge in [0.05, 0.1) is 12.1 Å². The van der Waals surface area contributed by atoms with Gasteiger partial charge in [0.25, 0.3) is 0 Å². The summed E-state index contributed by atoms with van der Waals surface area (Å²) in [6, 6.07) is 9.56. The van der Waals surface area contributed by atoms with Crippen molar-refractivity contribution in [3.63, 3.8) is 0 Å². The van der Waals surface area contributed by atoms with Crippen LogP contribution in [0, 0.1) is 5.92 Å². The third-order valence-electron chi connectivity index (χ3n) is 5.59. The highest BCUT2D eigenvalue weighted by atomic mass is 32.1. The van der Waals surface area contributed by atoms with Gasteiger partial charge in [0.15, 0.2) is 0 Å². The zero-order valence-corrected chi connectivity index (χ0v) is 13.5. The van der Waals surface area contributed by atoms with Crippen LogP contribution in [0.1, 0.15) is 53.0 Å². The number of nitrogens with one attached hydrogen (secondary N) is 1. The molecule has 22 heavy (non-hydrogen) atoms. The van der Waals surface area contributed by atoms with Gasteiger partial charge in [-0.15, -0.1) is 11.3 Å². The van der Waals surface area contributed by atoms with Gasteiger partial charge >= 0.3 is 0 Å². The predicted molar refractivity (Wildman–Crippen MR) is 90.6 cm³/mol. The number of anilines is 1. The van der Waals surface area contributed by atoms with Crippen molar-refractivity contribution in [2.75, 3.05) is 11.9 Å². The maximum atomic E-state index is 6.17. The molecule has 1 N–H and O–H groups in total. The first-order valence-corrected chi connectivity index (χ1v) is 9.36. The number of thiophene rings is 1. The van der Waals surface area contributed by atoms with E-state index in [-0.39, 0.29) is 6.10 Å². The van der Waals surface area contributed by atoms with Crippen LogP contribution in [0.3, 0.4) is 0 Å². The summed E-state index contributed by atoms with van der Waals surface area (Å²) in [7, 11) is 0. The summed E-state index contributed by atoms with van der Waals surface area (Å²) >= 11 is 1.87. The van der Waals surface area contributed by atoms with Crippen molar-refractivity contribution in [3.8, 4) is 0 Å². The highest BCUT2D eigenvalue weighted by Gasteiger charge is 2.42. The molecule has 0 unspecified atom stereocenters. The number of ether oxygens (including phenoxy) is 1. The van der Waals surface area contributed by atoms with Crippen molar-refractivity contribution < 1.29 is 4.74 Å². The van der Waals surface area contributed by atoms with E-state index in [0.717, 1.165) is 13.0 Å². The molecule has 3 aliphatic rings. The van der Waals surface area contributed by atoms with Crippen LogP contribution in [0.4, 0.5) is 5.69 Å². The molecule has 1 saturated heterocycles. The molecule has 114 valence electrons. The Hall–Kier alpha value is -1.32. The molecule has 0 spiro atoms. The van der Waals surface area contributed by atoms with Gasteiger partial charge < -0.3 is 10.1 Å². The number of fused-ring (bicyclic) bond motifs is 5. The van der Waals surface area contributed by atoms with Crippen molar-refractivity contribution in [1.29, 1.82) is 0 Å². The summed E-state index contributed by atoms with van der Waals surface area (Å²) in [4.78, 5) is 1.46. The molecule has 1 aromatic carbocycles. The summed E-state index contributed by atoms with van der Waals surface area (Å²) in [5, 5.41) is 6.12. The van der Waals surface area contributed by atoms with Crippen LogP contribution in [0.25, 0.3) is 0 Å². The van der Waals surface area contributed by atoms with Gasteiger partial charge in [-0.05, 0) is 54.7 Å². The van der Waals surface area contributed by atoms with Gasteiger partial charge in [-0.3, -0.25) is 0 Å². The first-order valence-electron chi connectivity index (χ1n) is 8.48. The second-order valence-electron chi connectivity index (χ2n) is 6.76. The number of rotatable bonds is 1. The van der Waals surface area contributed by atoms with Gasteiger partial charge in [0.2, 0.25) is 0 Å². The van der Waals surface area contributed by atoms with E-state index in [1.54, 1.807) is 11.1 Å². The molecule has 1 fully saturated rings. The summed E-state index contributed by atoms with van der Waals surface area (Å²) < 4.78 is 6.17. The quantitative estimate of drug-likeness (QED) is 0.811. The molecule has 1 aliphatic carbocycles. The molecule has 2 nitrogen and oxygen atoms in total. The topological polar surface area (TPSA) is 21.3 Å². The van der Waals surface area contributed by atoms with Gasteiger partial charge in [-0.2, -0.15) is 0 Å². The molecule has 3 heterocycles. The van der Waals surface area contributed by atoms with E-state index in [9.17, 15) is 0 Å². The Kier molecular flexibility index (Phi) is 3.05. The summed E-state index contributed by atoms with van der Waals surface area (Å²) in [6.45, 7) is 0.898. The smallest absolute Gasteiger partial charge is 0.0897 e. The molecule has 5 rings (SSSR count). The number of hydrogen-bond donors (Lipinski definition) is 1. The van der Waals surface area contributed by atoms with Crippen LogP contribution in [0.5, 0.6) is 0 Å². The fraction of sp³-hybridized carbons (Fsp3) is 0.474. The van der Waals surface area contributed by atoms with Crippen LogP contribution in [0.2, 0.25) is 0 Å². The van der Waals surface area contributed by atoms with E-state index >= 15 is 0 Å². The summed E-state index contributed by atoms with van der Waals surface area (Å²) in [5.41, 5.74) is 5.94. The van der Waals surface area contributed by atoms with Crippen LogP contribution in [-0.2, 0) is 17.6 Å². The minimum absolute atomic E-state index is 0.288. The summed E-state index contributed by atoms with van der Waals surface area (Å²) in [5.74, 6) is 0.577. The third-order valence-corrected chi connectivity index (χ3v) is 6.54. The fourth-order valence-electron chi connectivity index (χ4n) is 4.53. The minimum Gasteiger partial charge on any atom is -0.376 e. The third kappa shape index (κ3) is 1.88. The Morgan fingerprint density at radius 3 is 3.00 bits per heavy atom. The zero-order chi connectivity index (χ0) is 14.5. The molecule has 0 bridgehead atoms. The van der Waals surface area contributed by atoms with Gasteiger partial charge in [-0.25, -0.2) is 0 Å². The van der Waals surface area contributed by atoms with Gasteiger partial charge in [0, 0.05) is 28.7 Å². The van der Waals surface area contributed by atoms with Crippen LogP contribution >= 0.6 is 11.3 Å².